The van der Waals surface area contributed by atoms with E-state index in [1.165, 1.54) is 0 Å². The number of carbonyl (C=O) groups is 1. The number of hydrogen-bond donors (Lipinski definition) is 1. The summed E-state index contributed by atoms with van der Waals surface area (Å²) in [6, 6.07) is 11.5. The molecule has 2 fully saturated rings. The van der Waals surface area contributed by atoms with Crippen LogP contribution in [0.15, 0.2) is 48.8 Å². The molecule has 1 N–H and O–H groups in total. The van der Waals surface area contributed by atoms with E-state index in [4.69, 9.17) is 9.47 Å². The van der Waals surface area contributed by atoms with Crippen LogP contribution in [-0.4, -0.2) is 57.9 Å². The number of hydrogen-bond acceptors (Lipinski definition) is 5. The van der Waals surface area contributed by atoms with Crippen LogP contribution in [0.5, 0.6) is 5.75 Å². The van der Waals surface area contributed by atoms with E-state index >= 15 is 0 Å². The Morgan fingerprint density at radius 3 is 2.84 bits per heavy atom. The minimum atomic E-state index is -0.107. The number of benzene rings is 1. The molecule has 2 aromatic heterocycles. The van der Waals surface area contributed by atoms with Crippen LogP contribution in [0.3, 0.4) is 0 Å². The number of pyridine rings is 1. The topological polar surface area (TPSA) is 80.3 Å². The van der Waals surface area contributed by atoms with Gasteiger partial charge < -0.3 is 14.4 Å². The number of para-hydroxylation sites is 1. The molecule has 162 valence electrons. The summed E-state index contributed by atoms with van der Waals surface area (Å²) in [7, 11) is 0. The van der Waals surface area contributed by atoms with Gasteiger partial charge in [-0.05, 0) is 56.2 Å². The van der Waals surface area contributed by atoms with E-state index in [-0.39, 0.29) is 11.5 Å². The van der Waals surface area contributed by atoms with Crippen LogP contribution in [0.25, 0.3) is 10.9 Å². The van der Waals surface area contributed by atoms with Crippen molar-refractivity contribution < 1.29 is 14.3 Å². The fraction of sp³-hybridized carbons (Fsp3) is 0.458. The highest BCUT2D eigenvalue weighted by atomic mass is 16.5. The maximum absolute atomic E-state index is 13.1. The van der Waals surface area contributed by atoms with Crippen LogP contribution in [0, 0.1) is 5.92 Å². The lowest BCUT2D eigenvalue weighted by Gasteiger charge is -2.46. The molecule has 0 bridgehead atoms. The van der Waals surface area contributed by atoms with Crippen molar-refractivity contribution in [1.29, 1.82) is 0 Å². The lowest BCUT2D eigenvalue weighted by Crippen LogP contribution is -2.51. The van der Waals surface area contributed by atoms with Crippen LogP contribution < -0.4 is 4.74 Å². The third-order valence-corrected chi connectivity index (χ3v) is 6.67. The number of aromatic nitrogens is 3. The van der Waals surface area contributed by atoms with Crippen molar-refractivity contribution in [3.8, 4) is 5.75 Å². The Morgan fingerprint density at radius 2 is 2.00 bits per heavy atom. The third-order valence-electron chi connectivity index (χ3n) is 6.67. The Hall–Kier alpha value is -2.93. The number of nitrogens with zero attached hydrogens (tertiary/aromatic N) is 3. The standard InChI is InChI=1S/C24H28N4O3/c29-23(22-20-3-1-2-4-21(20)26-27-22)28-13-9-24(10-14-28)17-18(8-16-31-24)7-15-30-19-5-11-25-12-6-19/h1-6,11-12,18H,7-10,13-17H2,(H,26,27). The van der Waals surface area contributed by atoms with Crippen LogP contribution in [0.1, 0.15) is 42.6 Å². The van der Waals surface area contributed by atoms with E-state index in [1.54, 1.807) is 12.4 Å². The highest BCUT2D eigenvalue weighted by molar-refractivity contribution is 6.04. The predicted molar refractivity (Wildman–Crippen MR) is 117 cm³/mol. The van der Waals surface area contributed by atoms with Gasteiger partial charge in [0.1, 0.15) is 5.75 Å². The van der Waals surface area contributed by atoms with Crippen LogP contribution in [-0.2, 0) is 4.74 Å². The molecule has 4 heterocycles. The zero-order valence-electron chi connectivity index (χ0n) is 17.6. The number of amides is 1. The summed E-state index contributed by atoms with van der Waals surface area (Å²) in [5, 5.41) is 8.13. The molecule has 1 aromatic carbocycles. The van der Waals surface area contributed by atoms with Crippen LogP contribution in [0.2, 0.25) is 0 Å². The number of fused-ring (bicyclic) bond motifs is 1. The van der Waals surface area contributed by atoms with Gasteiger partial charge in [-0.2, -0.15) is 5.10 Å². The van der Waals surface area contributed by atoms with Gasteiger partial charge >= 0.3 is 0 Å². The van der Waals surface area contributed by atoms with Crippen molar-refractivity contribution in [3.63, 3.8) is 0 Å². The maximum Gasteiger partial charge on any atom is 0.274 e. The van der Waals surface area contributed by atoms with Gasteiger partial charge in [0.25, 0.3) is 5.91 Å². The van der Waals surface area contributed by atoms with Crippen molar-refractivity contribution in [1.82, 2.24) is 20.1 Å². The Bertz CT molecular complexity index is 1030. The number of rotatable bonds is 5. The molecule has 1 unspecified atom stereocenters. The molecule has 0 aliphatic carbocycles. The van der Waals surface area contributed by atoms with Crippen LogP contribution >= 0.6 is 0 Å². The van der Waals surface area contributed by atoms with Crippen molar-refractivity contribution in [2.45, 2.75) is 37.7 Å². The second-order valence-corrected chi connectivity index (χ2v) is 8.62. The Morgan fingerprint density at radius 1 is 1.19 bits per heavy atom. The summed E-state index contributed by atoms with van der Waals surface area (Å²) in [6.45, 7) is 2.92. The monoisotopic (exact) mass is 420 g/mol. The minimum Gasteiger partial charge on any atom is -0.493 e. The summed E-state index contributed by atoms with van der Waals surface area (Å²) in [4.78, 5) is 19.0. The average Bonchev–Trinajstić information content (AvgIpc) is 3.24. The summed E-state index contributed by atoms with van der Waals surface area (Å²) in [6.07, 6.45) is 8.39. The number of H-pyrrole nitrogens is 1. The molecule has 1 amide bonds. The molecule has 1 atom stereocenters. The number of carbonyl (C=O) groups excluding carboxylic acids is 1. The first-order valence-electron chi connectivity index (χ1n) is 11.1. The molecular weight excluding hydrogens is 392 g/mol. The number of likely N-dealkylation sites (tertiary alicyclic amines) is 1. The normalized spacial score (nSPS) is 20.8. The van der Waals surface area contributed by atoms with Crippen molar-refractivity contribution in [2.75, 3.05) is 26.3 Å². The number of piperidine rings is 1. The quantitative estimate of drug-likeness (QED) is 0.679. The van der Waals surface area contributed by atoms with Gasteiger partial charge in [-0.1, -0.05) is 18.2 Å². The molecular formula is C24H28N4O3. The zero-order chi connectivity index (χ0) is 21.1. The lowest BCUT2D eigenvalue weighted by atomic mass is 9.78. The van der Waals surface area contributed by atoms with E-state index in [1.807, 2.05) is 41.3 Å². The zero-order valence-corrected chi connectivity index (χ0v) is 17.6. The average molecular weight is 421 g/mol. The second kappa shape index (κ2) is 8.67. The number of nitrogens with one attached hydrogen (secondary N) is 1. The SMILES string of the molecule is O=C(c1n[nH]c2ccccc12)N1CCC2(CC1)CC(CCOc1ccncc1)CCO2. The first-order chi connectivity index (χ1) is 15.2. The highest BCUT2D eigenvalue weighted by Gasteiger charge is 2.41. The summed E-state index contributed by atoms with van der Waals surface area (Å²) < 4.78 is 12.1. The fourth-order valence-electron chi connectivity index (χ4n) is 4.90. The molecule has 2 aliphatic rings. The van der Waals surface area contributed by atoms with E-state index < -0.39 is 0 Å². The first-order valence-corrected chi connectivity index (χ1v) is 11.1. The van der Waals surface area contributed by atoms with E-state index in [2.05, 4.69) is 15.2 Å². The molecule has 0 saturated carbocycles. The lowest BCUT2D eigenvalue weighted by molar-refractivity contribution is -0.125. The molecule has 7 heteroatoms. The third kappa shape index (κ3) is 4.28. The summed E-state index contributed by atoms with van der Waals surface area (Å²) >= 11 is 0. The Kier molecular flexibility index (Phi) is 5.59. The number of ether oxygens (including phenoxy) is 2. The molecule has 3 aromatic rings. The smallest absolute Gasteiger partial charge is 0.274 e. The molecule has 2 aliphatic heterocycles. The summed E-state index contributed by atoms with van der Waals surface area (Å²) in [5.74, 6) is 1.47. The van der Waals surface area contributed by atoms with Gasteiger partial charge in [-0.15, -0.1) is 0 Å². The van der Waals surface area contributed by atoms with Gasteiger partial charge in [-0.25, -0.2) is 0 Å². The largest absolute Gasteiger partial charge is 0.493 e. The van der Waals surface area contributed by atoms with Crippen molar-refractivity contribution in [3.05, 3.63) is 54.5 Å². The highest BCUT2D eigenvalue weighted by Crippen LogP contribution is 2.39. The first kappa shape index (κ1) is 20.0. The van der Waals surface area contributed by atoms with Crippen molar-refractivity contribution in [2.24, 2.45) is 5.92 Å². The van der Waals surface area contributed by atoms with E-state index in [0.717, 1.165) is 55.4 Å². The molecule has 31 heavy (non-hydrogen) atoms. The van der Waals surface area contributed by atoms with Gasteiger partial charge in [0.05, 0.1) is 17.7 Å². The van der Waals surface area contributed by atoms with Crippen molar-refractivity contribution >= 4 is 16.8 Å². The molecule has 0 radical (unpaired) electrons. The second-order valence-electron chi connectivity index (χ2n) is 8.62. The van der Waals surface area contributed by atoms with E-state index in [0.29, 0.717) is 31.3 Å². The van der Waals surface area contributed by atoms with Gasteiger partial charge in [0, 0.05) is 37.5 Å². The minimum absolute atomic E-state index is 0.00501. The van der Waals surface area contributed by atoms with Crippen LogP contribution in [0.4, 0.5) is 0 Å². The Labute approximate surface area is 181 Å². The molecule has 7 nitrogen and oxygen atoms in total. The molecule has 5 rings (SSSR count). The summed E-state index contributed by atoms with van der Waals surface area (Å²) in [5.41, 5.74) is 1.30. The molecule has 1 spiro atoms. The number of aromatic amines is 1. The Balaban J connectivity index is 1.16. The van der Waals surface area contributed by atoms with Gasteiger partial charge in [-0.3, -0.25) is 14.9 Å². The molecule has 2 saturated heterocycles. The maximum atomic E-state index is 13.1. The van der Waals surface area contributed by atoms with Gasteiger partial charge in [0.15, 0.2) is 5.69 Å². The van der Waals surface area contributed by atoms with E-state index in [9.17, 15) is 4.79 Å². The fourth-order valence-corrected chi connectivity index (χ4v) is 4.90. The van der Waals surface area contributed by atoms with Gasteiger partial charge in [0.2, 0.25) is 0 Å². The predicted octanol–water partition coefficient (Wildman–Crippen LogP) is 3.83.